The lowest BCUT2D eigenvalue weighted by molar-refractivity contribution is -0.388. The zero-order chi connectivity index (χ0) is 12.6. The Hall–Kier alpha value is -0.660. The molecule has 2 aromatic rings. The molecule has 7 heteroatoms. The van der Waals surface area contributed by atoms with E-state index >= 15 is 0 Å². The van der Waals surface area contributed by atoms with Crippen molar-refractivity contribution in [2.24, 2.45) is 0 Å². The number of H-pyrrole nitrogens is 1. The van der Waals surface area contributed by atoms with Gasteiger partial charge in [-0.3, -0.25) is 0 Å². The summed E-state index contributed by atoms with van der Waals surface area (Å²) in [5.74, 6) is -0.0318. The molecule has 1 aromatic heterocycles. The van der Waals surface area contributed by atoms with Crippen molar-refractivity contribution in [2.45, 2.75) is 0 Å². The summed E-state index contributed by atoms with van der Waals surface area (Å²) in [6.07, 6.45) is 0. The molecule has 1 N–H and O–H groups in total. The minimum absolute atomic E-state index is 0.0318. The number of halogens is 3. The Bertz CT molecular complexity index is 595. The number of hydrogen-bond donors (Lipinski definition) is 1. The molecule has 1 heterocycles. The van der Waals surface area contributed by atoms with Gasteiger partial charge >= 0.3 is 5.82 Å². The molecule has 0 fully saturated rings. The number of hydrogen-bond acceptors (Lipinski definition) is 2. The van der Waals surface area contributed by atoms with Crippen LogP contribution in [0.15, 0.2) is 37.8 Å². The summed E-state index contributed by atoms with van der Waals surface area (Å²) >= 11 is 9.94. The van der Waals surface area contributed by atoms with Crippen molar-refractivity contribution >= 4 is 53.6 Å². The number of aromatic nitrogens is 1. The zero-order valence-electron chi connectivity index (χ0n) is 8.21. The van der Waals surface area contributed by atoms with Crippen molar-refractivity contribution in [2.75, 3.05) is 0 Å². The fraction of sp³-hybridized carbons (Fsp3) is 0. The number of rotatable bonds is 2. The van der Waals surface area contributed by atoms with Gasteiger partial charge in [0.2, 0.25) is 0 Å². The van der Waals surface area contributed by atoms with E-state index in [1.54, 1.807) is 6.07 Å². The standard InChI is InChI=1S/C10H5Br3N2O2/c11-5-1-2-8(12)6(3-5)7-4-9(13)14-10(7)15(16)17/h1-4,14H. The normalized spacial score (nSPS) is 10.5. The summed E-state index contributed by atoms with van der Waals surface area (Å²) in [7, 11) is 0. The van der Waals surface area contributed by atoms with E-state index in [1.807, 2.05) is 18.2 Å². The Morgan fingerprint density at radius 3 is 2.47 bits per heavy atom. The summed E-state index contributed by atoms with van der Waals surface area (Å²) in [6, 6.07) is 7.21. The van der Waals surface area contributed by atoms with Crippen LogP contribution < -0.4 is 0 Å². The van der Waals surface area contributed by atoms with Crippen LogP contribution in [0.1, 0.15) is 0 Å². The lowest BCUT2D eigenvalue weighted by Crippen LogP contribution is -1.90. The monoisotopic (exact) mass is 422 g/mol. The molecule has 17 heavy (non-hydrogen) atoms. The molecule has 0 saturated heterocycles. The van der Waals surface area contributed by atoms with E-state index in [0.29, 0.717) is 10.2 Å². The molecular formula is C10H5Br3N2O2. The molecule has 0 aliphatic carbocycles. The maximum Gasteiger partial charge on any atom is 0.329 e. The second-order valence-electron chi connectivity index (χ2n) is 3.26. The molecule has 0 unspecified atom stereocenters. The van der Waals surface area contributed by atoms with Crippen LogP contribution >= 0.6 is 47.8 Å². The van der Waals surface area contributed by atoms with Crippen molar-refractivity contribution in [3.05, 3.63) is 47.9 Å². The van der Waals surface area contributed by atoms with E-state index in [0.717, 1.165) is 14.5 Å². The van der Waals surface area contributed by atoms with Gasteiger partial charge in [-0.2, -0.15) is 0 Å². The molecule has 2 rings (SSSR count). The molecule has 0 bridgehead atoms. The minimum Gasteiger partial charge on any atom is -0.358 e. The largest absolute Gasteiger partial charge is 0.358 e. The third-order valence-electron chi connectivity index (χ3n) is 2.17. The van der Waals surface area contributed by atoms with E-state index in [4.69, 9.17) is 0 Å². The lowest BCUT2D eigenvalue weighted by Gasteiger charge is -2.03. The lowest BCUT2D eigenvalue weighted by atomic mass is 10.1. The van der Waals surface area contributed by atoms with Gasteiger partial charge in [0, 0.05) is 20.6 Å². The van der Waals surface area contributed by atoms with Crippen LogP contribution in [0.4, 0.5) is 5.82 Å². The molecule has 0 amide bonds. The van der Waals surface area contributed by atoms with Crippen LogP contribution in [0, 0.1) is 10.1 Å². The van der Waals surface area contributed by atoms with Gasteiger partial charge in [0.15, 0.2) is 4.60 Å². The summed E-state index contributed by atoms with van der Waals surface area (Å²) in [6.45, 7) is 0. The Kier molecular flexibility index (Phi) is 3.70. The van der Waals surface area contributed by atoms with E-state index < -0.39 is 4.92 Å². The average Bonchev–Trinajstić information content (AvgIpc) is 2.64. The first kappa shape index (κ1) is 12.8. The van der Waals surface area contributed by atoms with Crippen molar-refractivity contribution in [3.63, 3.8) is 0 Å². The molecule has 0 spiro atoms. The summed E-state index contributed by atoms with van der Waals surface area (Å²) in [5.41, 5.74) is 1.29. The van der Waals surface area contributed by atoms with Crippen molar-refractivity contribution < 1.29 is 4.92 Å². The van der Waals surface area contributed by atoms with Gasteiger partial charge in [-0.25, -0.2) is 4.98 Å². The Morgan fingerprint density at radius 2 is 1.82 bits per heavy atom. The third kappa shape index (κ3) is 2.61. The van der Waals surface area contributed by atoms with Crippen LogP contribution in [0.25, 0.3) is 11.1 Å². The van der Waals surface area contributed by atoms with Gasteiger partial charge in [-0.1, -0.05) is 31.9 Å². The highest BCUT2D eigenvalue weighted by molar-refractivity contribution is 9.11. The van der Waals surface area contributed by atoms with Crippen LogP contribution in [0.3, 0.4) is 0 Å². The van der Waals surface area contributed by atoms with E-state index in [-0.39, 0.29) is 5.82 Å². The fourth-order valence-electron chi connectivity index (χ4n) is 1.46. The molecule has 0 aliphatic heterocycles. The maximum atomic E-state index is 10.9. The molecule has 0 aliphatic rings. The third-order valence-corrected chi connectivity index (χ3v) is 3.78. The van der Waals surface area contributed by atoms with Crippen LogP contribution in [-0.4, -0.2) is 9.91 Å². The molecule has 1 aromatic carbocycles. The highest BCUT2D eigenvalue weighted by atomic mass is 79.9. The smallest absolute Gasteiger partial charge is 0.329 e. The van der Waals surface area contributed by atoms with Crippen molar-refractivity contribution in [1.29, 1.82) is 0 Å². The summed E-state index contributed by atoms with van der Waals surface area (Å²) in [4.78, 5) is 13.2. The van der Waals surface area contributed by atoms with Crippen LogP contribution in [0.2, 0.25) is 0 Å². The fourth-order valence-corrected chi connectivity index (χ4v) is 2.70. The zero-order valence-corrected chi connectivity index (χ0v) is 13.0. The molecule has 0 saturated carbocycles. The highest BCUT2D eigenvalue weighted by Gasteiger charge is 2.20. The SMILES string of the molecule is O=[N+]([O-])c1[nH]c(Br)cc1-c1cc(Br)ccc1Br. The van der Waals surface area contributed by atoms with E-state index in [9.17, 15) is 10.1 Å². The Balaban J connectivity index is 2.67. The van der Waals surface area contributed by atoms with Crippen molar-refractivity contribution in [1.82, 2.24) is 4.98 Å². The molecule has 0 radical (unpaired) electrons. The summed E-state index contributed by atoms with van der Waals surface area (Å²) in [5, 5.41) is 10.9. The van der Waals surface area contributed by atoms with Gasteiger partial charge in [0.1, 0.15) is 0 Å². The minimum atomic E-state index is -0.437. The average molecular weight is 425 g/mol. The first-order valence-corrected chi connectivity index (χ1v) is 6.85. The highest BCUT2D eigenvalue weighted by Crippen LogP contribution is 2.37. The van der Waals surface area contributed by atoms with Gasteiger partial charge in [0.05, 0.1) is 5.56 Å². The molecule has 88 valence electrons. The number of nitrogens with one attached hydrogen (secondary N) is 1. The summed E-state index contributed by atoms with van der Waals surface area (Å²) < 4.78 is 2.24. The number of benzene rings is 1. The first-order valence-electron chi connectivity index (χ1n) is 4.47. The van der Waals surface area contributed by atoms with Crippen LogP contribution in [-0.2, 0) is 0 Å². The second-order valence-corrected chi connectivity index (χ2v) is 5.89. The second kappa shape index (κ2) is 4.91. The number of nitro groups is 1. The predicted octanol–water partition coefficient (Wildman–Crippen LogP) is 4.88. The topological polar surface area (TPSA) is 58.9 Å². The van der Waals surface area contributed by atoms with Crippen LogP contribution in [0.5, 0.6) is 0 Å². The number of aromatic amines is 1. The van der Waals surface area contributed by atoms with E-state index in [2.05, 4.69) is 52.8 Å². The maximum absolute atomic E-state index is 10.9. The van der Waals surface area contributed by atoms with Gasteiger partial charge in [-0.05, 0) is 39.1 Å². The van der Waals surface area contributed by atoms with E-state index in [1.165, 1.54) is 0 Å². The first-order chi connectivity index (χ1) is 7.99. The molecule has 4 nitrogen and oxygen atoms in total. The Morgan fingerprint density at radius 1 is 1.12 bits per heavy atom. The Labute approximate surface area is 122 Å². The van der Waals surface area contributed by atoms with Gasteiger partial charge in [-0.15, -0.1) is 0 Å². The predicted molar refractivity (Wildman–Crippen MR) is 76.0 cm³/mol. The number of nitrogens with zero attached hydrogens (tertiary/aromatic N) is 1. The van der Waals surface area contributed by atoms with Gasteiger partial charge in [0.25, 0.3) is 0 Å². The van der Waals surface area contributed by atoms with Gasteiger partial charge < -0.3 is 10.1 Å². The molecular weight excluding hydrogens is 420 g/mol. The molecule has 0 atom stereocenters. The quantitative estimate of drug-likeness (QED) is 0.552. The van der Waals surface area contributed by atoms with Crippen molar-refractivity contribution in [3.8, 4) is 11.1 Å².